The standard InChI is InChI=1S/C9H14N2O2S/c1-3-14(12)11-7-4-5-9(13-2)8(10)6-7/h4-6,11H,3,10H2,1-2H3. The van der Waals surface area contributed by atoms with E-state index in [0.29, 0.717) is 17.2 Å². The van der Waals surface area contributed by atoms with Crippen molar-refractivity contribution in [3.05, 3.63) is 18.2 Å². The minimum Gasteiger partial charge on any atom is -0.495 e. The molecule has 3 N–H and O–H groups in total. The van der Waals surface area contributed by atoms with Crippen molar-refractivity contribution in [3.8, 4) is 5.75 Å². The Morgan fingerprint density at radius 2 is 2.29 bits per heavy atom. The number of anilines is 2. The molecular weight excluding hydrogens is 200 g/mol. The molecule has 0 saturated carbocycles. The molecule has 1 rings (SSSR count). The van der Waals surface area contributed by atoms with E-state index < -0.39 is 11.0 Å². The summed E-state index contributed by atoms with van der Waals surface area (Å²) in [5, 5.41) is 0. The summed E-state index contributed by atoms with van der Waals surface area (Å²) >= 11 is 0. The van der Waals surface area contributed by atoms with Gasteiger partial charge in [0.25, 0.3) is 0 Å². The van der Waals surface area contributed by atoms with E-state index in [-0.39, 0.29) is 0 Å². The van der Waals surface area contributed by atoms with Gasteiger partial charge in [0.15, 0.2) is 0 Å². The van der Waals surface area contributed by atoms with Gasteiger partial charge in [0.05, 0.1) is 12.8 Å². The molecule has 5 heteroatoms. The van der Waals surface area contributed by atoms with E-state index >= 15 is 0 Å². The van der Waals surface area contributed by atoms with Crippen molar-refractivity contribution in [3.63, 3.8) is 0 Å². The number of nitrogens with one attached hydrogen (secondary N) is 1. The highest BCUT2D eigenvalue weighted by molar-refractivity contribution is 7.86. The monoisotopic (exact) mass is 214 g/mol. The number of methoxy groups -OCH3 is 1. The second-order valence-corrected chi connectivity index (χ2v) is 4.17. The SMILES string of the molecule is CCS(=O)Nc1ccc(OC)c(N)c1. The molecule has 0 spiro atoms. The highest BCUT2D eigenvalue weighted by Crippen LogP contribution is 2.24. The number of hydrogen-bond acceptors (Lipinski definition) is 3. The smallest absolute Gasteiger partial charge is 0.141 e. The van der Waals surface area contributed by atoms with Crippen LogP contribution in [0.25, 0.3) is 0 Å². The summed E-state index contributed by atoms with van der Waals surface area (Å²) in [7, 11) is 0.517. The molecule has 0 aliphatic rings. The van der Waals surface area contributed by atoms with Crippen molar-refractivity contribution in [2.45, 2.75) is 6.92 Å². The highest BCUT2D eigenvalue weighted by Gasteiger charge is 2.01. The van der Waals surface area contributed by atoms with E-state index in [1.54, 1.807) is 25.3 Å². The summed E-state index contributed by atoms with van der Waals surface area (Å²) in [5.41, 5.74) is 6.96. The van der Waals surface area contributed by atoms with Gasteiger partial charge in [0.1, 0.15) is 16.7 Å². The van der Waals surface area contributed by atoms with Gasteiger partial charge in [-0.05, 0) is 18.2 Å². The molecule has 4 nitrogen and oxygen atoms in total. The van der Waals surface area contributed by atoms with Gasteiger partial charge in [-0.15, -0.1) is 0 Å². The molecule has 1 aromatic rings. The number of nitrogens with two attached hydrogens (primary N) is 1. The van der Waals surface area contributed by atoms with E-state index in [2.05, 4.69) is 4.72 Å². The molecule has 0 bridgehead atoms. The van der Waals surface area contributed by atoms with Gasteiger partial charge in [-0.2, -0.15) is 0 Å². The van der Waals surface area contributed by atoms with Gasteiger partial charge in [-0.3, -0.25) is 0 Å². The zero-order chi connectivity index (χ0) is 10.6. The maximum absolute atomic E-state index is 11.2. The van der Waals surface area contributed by atoms with Gasteiger partial charge in [-0.25, -0.2) is 4.21 Å². The van der Waals surface area contributed by atoms with Crippen LogP contribution >= 0.6 is 0 Å². The third-order valence-electron chi connectivity index (χ3n) is 1.72. The van der Waals surface area contributed by atoms with Crippen molar-refractivity contribution >= 4 is 22.4 Å². The summed E-state index contributed by atoms with van der Waals surface area (Å²) in [4.78, 5) is 0. The molecule has 14 heavy (non-hydrogen) atoms. The predicted molar refractivity (Wildman–Crippen MR) is 59.7 cm³/mol. The Kier molecular flexibility index (Phi) is 3.76. The average Bonchev–Trinajstić information content (AvgIpc) is 2.18. The van der Waals surface area contributed by atoms with Crippen LogP contribution in [-0.2, 0) is 11.0 Å². The summed E-state index contributed by atoms with van der Waals surface area (Å²) in [5.74, 6) is 1.18. The molecule has 0 radical (unpaired) electrons. The Hall–Kier alpha value is -1.23. The van der Waals surface area contributed by atoms with Crippen molar-refractivity contribution in [1.29, 1.82) is 0 Å². The molecular formula is C9H14N2O2S. The topological polar surface area (TPSA) is 64.3 Å². The lowest BCUT2D eigenvalue weighted by molar-refractivity contribution is 0.417. The molecule has 0 aromatic heterocycles. The molecule has 0 aliphatic carbocycles. The Morgan fingerprint density at radius 3 is 2.79 bits per heavy atom. The molecule has 0 aliphatic heterocycles. The summed E-state index contributed by atoms with van der Waals surface area (Å²) in [6.45, 7) is 1.84. The van der Waals surface area contributed by atoms with Gasteiger partial charge >= 0.3 is 0 Å². The fraction of sp³-hybridized carbons (Fsp3) is 0.333. The highest BCUT2D eigenvalue weighted by atomic mass is 32.2. The van der Waals surface area contributed by atoms with Crippen molar-refractivity contribution in [2.75, 3.05) is 23.3 Å². The lowest BCUT2D eigenvalue weighted by Gasteiger charge is -2.08. The van der Waals surface area contributed by atoms with E-state index in [1.165, 1.54) is 0 Å². The first-order valence-corrected chi connectivity index (χ1v) is 5.57. The van der Waals surface area contributed by atoms with Crippen molar-refractivity contribution in [1.82, 2.24) is 0 Å². The molecule has 1 unspecified atom stereocenters. The lowest BCUT2D eigenvalue weighted by atomic mass is 10.2. The largest absolute Gasteiger partial charge is 0.495 e. The van der Waals surface area contributed by atoms with Gasteiger partial charge in [0, 0.05) is 11.4 Å². The number of hydrogen-bond donors (Lipinski definition) is 2. The van der Waals surface area contributed by atoms with Crippen LogP contribution < -0.4 is 15.2 Å². The van der Waals surface area contributed by atoms with E-state index in [4.69, 9.17) is 10.5 Å². The summed E-state index contributed by atoms with van der Waals surface area (Å²) in [6.07, 6.45) is 0. The quantitative estimate of drug-likeness (QED) is 0.744. The predicted octanol–water partition coefficient (Wildman–Crippen LogP) is 1.37. The summed E-state index contributed by atoms with van der Waals surface area (Å²) < 4.78 is 19.0. The Morgan fingerprint density at radius 1 is 1.57 bits per heavy atom. The van der Waals surface area contributed by atoms with Gasteiger partial charge < -0.3 is 15.2 Å². The average molecular weight is 214 g/mol. The fourth-order valence-corrected chi connectivity index (χ4v) is 1.54. The van der Waals surface area contributed by atoms with E-state index in [1.807, 2.05) is 6.92 Å². The molecule has 0 saturated heterocycles. The van der Waals surface area contributed by atoms with Crippen molar-refractivity contribution in [2.24, 2.45) is 0 Å². The Balaban J connectivity index is 2.81. The van der Waals surface area contributed by atoms with Gasteiger partial charge in [0.2, 0.25) is 0 Å². The maximum atomic E-state index is 11.2. The third-order valence-corrected chi connectivity index (χ3v) is 2.71. The Bertz CT molecular complexity index is 342. The number of ether oxygens (including phenoxy) is 1. The van der Waals surface area contributed by atoms with Crippen LogP contribution in [0.1, 0.15) is 6.92 Å². The molecule has 0 heterocycles. The van der Waals surface area contributed by atoms with Crippen LogP contribution in [0, 0.1) is 0 Å². The number of rotatable bonds is 4. The number of nitrogen functional groups attached to an aromatic ring is 1. The zero-order valence-corrected chi connectivity index (χ0v) is 9.06. The van der Waals surface area contributed by atoms with Crippen molar-refractivity contribution < 1.29 is 8.95 Å². The third kappa shape index (κ3) is 2.63. The molecule has 0 amide bonds. The van der Waals surface area contributed by atoms with Crippen LogP contribution in [0.15, 0.2) is 18.2 Å². The fourth-order valence-electron chi connectivity index (χ4n) is 1.00. The normalized spacial score (nSPS) is 12.1. The molecule has 78 valence electrons. The first-order valence-electron chi connectivity index (χ1n) is 4.26. The van der Waals surface area contributed by atoms with Crippen LogP contribution in [0.3, 0.4) is 0 Å². The summed E-state index contributed by atoms with van der Waals surface area (Å²) in [6, 6.07) is 5.22. The maximum Gasteiger partial charge on any atom is 0.141 e. The Labute approximate surface area is 86.0 Å². The number of benzene rings is 1. The van der Waals surface area contributed by atoms with Crippen LogP contribution in [0.4, 0.5) is 11.4 Å². The van der Waals surface area contributed by atoms with Crippen LogP contribution in [0.5, 0.6) is 5.75 Å². The van der Waals surface area contributed by atoms with E-state index in [9.17, 15) is 4.21 Å². The van der Waals surface area contributed by atoms with E-state index in [0.717, 1.165) is 5.69 Å². The molecule has 1 aromatic carbocycles. The second-order valence-electron chi connectivity index (χ2n) is 2.69. The zero-order valence-electron chi connectivity index (χ0n) is 8.24. The minimum absolute atomic E-state index is 0.533. The first kappa shape index (κ1) is 10.8. The minimum atomic E-state index is -1.04. The molecule has 0 fully saturated rings. The second kappa shape index (κ2) is 4.85. The van der Waals surface area contributed by atoms with Gasteiger partial charge in [-0.1, -0.05) is 6.92 Å². The first-order chi connectivity index (χ1) is 6.67. The van der Waals surface area contributed by atoms with Crippen LogP contribution in [0.2, 0.25) is 0 Å². The molecule has 1 atom stereocenters. The lowest BCUT2D eigenvalue weighted by Crippen LogP contribution is -2.06. The van der Waals surface area contributed by atoms with Crippen LogP contribution in [-0.4, -0.2) is 17.1 Å².